The summed E-state index contributed by atoms with van der Waals surface area (Å²) in [4.78, 5) is 2.62. The fourth-order valence-corrected chi connectivity index (χ4v) is 3.01. The second kappa shape index (κ2) is 5.10. The molecule has 2 nitrogen and oxygen atoms in total. The predicted molar refractivity (Wildman–Crippen MR) is 66.5 cm³/mol. The number of thiophene rings is 1. The first kappa shape index (κ1) is 11.1. The molecule has 0 aromatic carbocycles. The van der Waals surface area contributed by atoms with Crippen molar-refractivity contribution in [2.24, 2.45) is 0 Å². The van der Waals surface area contributed by atoms with Gasteiger partial charge in [0.05, 0.1) is 0 Å². The standard InChI is InChI=1S/C12H20N2S/c1-10-7-13-8-11(2)14(10)5-3-12-4-6-15-9-12/h4,6,9-11,13H,3,5,7-8H2,1-2H3. The number of nitrogens with zero attached hydrogens (tertiary/aromatic N) is 1. The van der Waals surface area contributed by atoms with Gasteiger partial charge >= 0.3 is 0 Å². The summed E-state index contributed by atoms with van der Waals surface area (Å²) < 4.78 is 0. The average Bonchev–Trinajstić information content (AvgIpc) is 2.70. The van der Waals surface area contributed by atoms with E-state index in [-0.39, 0.29) is 0 Å². The Hall–Kier alpha value is -0.380. The quantitative estimate of drug-likeness (QED) is 0.844. The Morgan fingerprint density at radius 1 is 1.40 bits per heavy atom. The Kier molecular flexibility index (Phi) is 3.78. The summed E-state index contributed by atoms with van der Waals surface area (Å²) in [5, 5.41) is 7.90. The van der Waals surface area contributed by atoms with Crippen LogP contribution in [0.15, 0.2) is 16.8 Å². The number of rotatable bonds is 3. The van der Waals surface area contributed by atoms with Crippen LogP contribution in [-0.4, -0.2) is 36.6 Å². The number of hydrogen-bond donors (Lipinski definition) is 1. The molecule has 1 aromatic heterocycles. The highest BCUT2D eigenvalue weighted by Crippen LogP contribution is 2.12. The van der Waals surface area contributed by atoms with Gasteiger partial charge < -0.3 is 5.32 Å². The third kappa shape index (κ3) is 2.80. The molecule has 1 aliphatic rings. The maximum absolute atomic E-state index is 3.47. The van der Waals surface area contributed by atoms with Crippen LogP contribution in [-0.2, 0) is 6.42 Å². The molecule has 3 heteroatoms. The fourth-order valence-electron chi connectivity index (χ4n) is 2.30. The van der Waals surface area contributed by atoms with Gasteiger partial charge in [-0.25, -0.2) is 0 Å². The topological polar surface area (TPSA) is 15.3 Å². The van der Waals surface area contributed by atoms with E-state index in [2.05, 4.69) is 40.9 Å². The maximum Gasteiger partial charge on any atom is 0.0195 e. The Bertz CT molecular complexity index is 274. The lowest BCUT2D eigenvalue weighted by molar-refractivity contribution is 0.119. The molecule has 1 saturated heterocycles. The molecule has 2 rings (SSSR count). The first-order valence-corrected chi connectivity index (χ1v) is 6.69. The minimum Gasteiger partial charge on any atom is -0.314 e. The van der Waals surface area contributed by atoms with E-state index >= 15 is 0 Å². The molecule has 1 aromatic rings. The highest BCUT2D eigenvalue weighted by atomic mass is 32.1. The summed E-state index contributed by atoms with van der Waals surface area (Å²) in [6, 6.07) is 3.59. The molecular formula is C12H20N2S. The molecule has 0 bridgehead atoms. The van der Waals surface area contributed by atoms with Crippen LogP contribution < -0.4 is 5.32 Å². The Morgan fingerprint density at radius 2 is 2.13 bits per heavy atom. The molecule has 1 aliphatic heterocycles. The van der Waals surface area contributed by atoms with E-state index < -0.39 is 0 Å². The fraction of sp³-hybridized carbons (Fsp3) is 0.667. The van der Waals surface area contributed by atoms with Crippen molar-refractivity contribution in [1.29, 1.82) is 0 Å². The van der Waals surface area contributed by atoms with Crippen molar-refractivity contribution in [3.63, 3.8) is 0 Å². The molecule has 2 unspecified atom stereocenters. The third-order valence-electron chi connectivity index (χ3n) is 3.25. The van der Waals surface area contributed by atoms with Gasteiger partial charge in [-0.2, -0.15) is 11.3 Å². The third-order valence-corrected chi connectivity index (χ3v) is 3.98. The van der Waals surface area contributed by atoms with Crippen molar-refractivity contribution >= 4 is 11.3 Å². The van der Waals surface area contributed by atoms with Crippen molar-refractivity contribution in [2.45, 2.75) is 32.4 Å². The van der Waals surface area contributed by atoms with Crippen LogP contribution in [0.3, 0.4) is 0 Å². The first-order valence-electron chi connectivity index (χ1n) is 5.75. The number of piperazine rings is 1. The van der Waals surface area contributed by atoms with E-state index in [9.17, 15) is 0 Å². The number of hydrogen-bond acceptors (Lipinski definition) is 3. The van der Waals surface area contributed by atoms with Gasteiger partial charge in [0.15, 0.2) is 0 Å². The first-order chi connectivity index (χ1) is 7.27. The van der Waals surface area contributed by atoms with Gasteiger partial charge in [-0.3, -0.25) is 4.90 Å². The SMILES string of the molecule is CC1CNCC(C)N1CCc1ccsc1. The van der Waals surface area contributed by atoms with Gasteiger partial charge in [-0.05, 0) is 42.7 Å². The second-order valence-electron chi connectivity index (χ2n) is 4.48. The molecule has 0 aliphatic carbocycles. The van der Waals surface area contributed by atoms with Crippen LogP contribution in [0.2, 0.25) is 0 Å². The van der Waals surface area contributed by atoms with Gasteiger partial charge in [0, 0.05) is 31.7 Å². The number of nitrogens with one attached hydrogen (secondary N) is 1. The molecule has 0 saturated carbocycles. The average molecular weight is 224 g/mol. The van der Waals surface area contributed by atoms with Crippen molar-refractivity contribution in [2.75, 3.05) is 19.6 Å². The zero-order valence-corrected chi connectivity index (χ0v) is 10.4. The minimum atomic E-state index is 0.674. The molecule has 2 atom stereocenters. The molecule has 84 valence electrons. The normalized spacial score (nSPS) is 28.1. The molecule has 0 radical (unpaired) electrons. The lowest BCUT2D eigenvalue weighted by atomic mass is 10.1. The van der Waals surface area contributed by atoms with Crippen LogP contribution in [0.4, 0.5) is 0 Å². The largest absolute Gasteiger partial charge is 0.314 e. The van der Waals surface area contributed by atoms with E-state index in [0.29, 0.717) is 12.1 Å². The lowest BCUT2D eigenvalue weighted by Gasteiger charge is -2.39. The highest BCUT2D eigenvalue weighted by molar-refractivity contribution is 7.07. The smallest absolute Gasteiger partial charge is 0.0195 e. The summed E-state index contributed by atoms with van der Waals surface area (Å²) in [6.45, 7) is 8.09. The summed E-state index contributed by atoms with van der Waals surface area (Å²) in [5.74, 6) is 0. The highest BCUT2D eigenvalue weighted by Gasteiger charge is 2.23. The zero-order chi connectivity index (χ0) is 10.7. The van der Waals surface area contributed by atoms with E-state index in [1.165, 1.54) is 18.5 Å². The predicted octanol–water partition coefficient (Wildman–Crippen LogP) is 1.97. The van der Waals surface area contributed by atoms with E-state index in [4.69, 9.17) is 0 Å². The molecule has 1 N–H and O–H groups in total. The van der Waals surface area contributed by atoms with Crippen molar-refractivity contribution < 1.29 is 0 Å². The molecule has 2 heterocycles. The second-order valence-corrected chi connectivity index (χ2v) is 5.26. The van der Waals surface area contributed by atoms with Crippen molar-refractivity contribution in [1.82, 2.24) is 10.2 Å². The monoisotopic (exact) mass is 224 g/mol. The molecule has 0 spiro atoms. The summed E-state index contributed by atoms with van der Waals surface area (Å²) in [7, 11) is 0. The van der Waals surface area contributed by atoms with Crippen LogP contribution in [0, 0.1) is 0 Å². The van der Waals surface area contributed by atoms with Crippen LogP contribution in [0.1, 0.15) is 19.4 Å². The zero-order valence-electron chi connectivity index (χ0n) is 9.57. The van der Waals surface area contributed by atoms with E-state index in [1.807, 2.05) is 0 Å². The summed E-state index contributed by atoms with van der Waals surface area (Å²) >= 11 is 1.80. The molecule has 15 heavy (non-hydrogen) atoms. The van der Waals surface area contributed by atoms with Crippen molar-refractivity contribution in [3.05, 3.63) is 22.4 Å². The van der Waals surface area contributed by atoms with Gasteiger partial charge in [-0.15, -0.1) is 0 Å². The Morgan fingerprint density at radius 3 is 2.73 bits per heavy atom. The molecule has 0 amide bonds. The lowest BCUT2D eigenvalue weighted by Crippen LogP contribution is -2.55. The van der Waals surface area contributed by atoms with Gasteiger partial charge in [0.1, 0.15) is 0 Å². The Balaban J connectivity index is 1.86. The Labute approximate surface area is 96.3 Å². The maximum atomic E-state index is 3.47. The van der Waals surface area contributed by atoms with Gasteiger partial charge in [0.25, 0.3) is 0 Å². The van der Waals surface area contributed by atoms with Gasteiger partial charge in [-0.1, -0.05) is 0 Å². The molecule has 1 fully saturated rings. The minimum absolute atomic E-state index is 0.674. The summed E-state index contributed by atoms with van der Waals surface area (Å²) in [5.41, 5.74) is 1.48. The van der Waals surface area contributed by atoms with Crippen LogP contribution >= 0.6 is 11.3 Å². The van der Waals surface area contributed by atoms with E-state index in [1.54, 1.807) is 11.3 Å². The van der Waals surface area contributed by atoms with E-state index in [0.717, 1.165) is 13.1 Å². The molecular weight excluding hydrogens is 204 g/mol. The van der Waals surface area contributed by atoms with Gasteiger partial charge in [0.2, 0.25) is 0 Å². The van der Waals surface area contributed by atoms with Crippen molar-refractivity contribution in [3.8, 4) is 0 Å². The summed E-state index contributed by atoms with van der Waals surface area (Å²) in [6.07, 6.45) is 1.19. The van der Waals surface area contributed by atoms with Crippen LogP contribution in [0.25, 0.3) is 0 Å². The van der Waals surface area contributed by atoms with Crippen LogP contribution in [0.5, 0.6) is 0 Å².